The summed E-state index contributed by atoms with van der Waals surface area (Å²) in [7, 11) is 0. The van der Waals surface area contributed by atoms with Crippen LogP contribution in [0.4, 0.5) is 13.2 Å². The summed E-state index contributed by atoms with van der Waals surface area (Å²) >= 11 is 3.50. The van der Waals surface area contributed by atoms with Gasteiger partial charge in [-0.1, -0.05) is 48.8 Å². The van der Waals surface area contributed by atoms with Crippen LogP contribution in [0.15, 0.2) is 46.9 Å². The van der Waals surface area contributed by atoms with Gasteiger partial charge in [0.05, 0.1) is 0 Å². The Kier molecular flexibility index (Phi) is 4.94. The first-order valence-electron chi connectivity index (χ1n) is 6.88. The summed E-state index contributed by atoms with van der Waals surface area (Å²) in [5.41, 5.74) is 1.08. The normalized spacial score (nSPS) is 12.1. The van der Waals surface area contributed by atoms with Crippen LogP contribution >= 0.6 is 15.9 Å². The van der Waals surface area contributed by atoms with Gasteiger partial charge < -0.3 is 9.47 Å². The van der Waals surface area contributed by atoms with Crippen LogP contribution in [0.5, 0.6) is 17.2 Å². The first kappa shape index (κ1) is 17.7. The monoisotopic (exact) mass is 388 g/mol. The van der Waals surface area contributed by atoms with Gasteiger partial charge in [-0.05, 0) is 35.2 Å². The van der Waals surface area contributed by atoms with Gasteiger partial charge in [0, 0.05) is 10.5 Å². The molecule has 0 atom stereocenters. The van der Waals surface area contributed by atoms with Crippen molar-refractivity contribution in [3.63, 3.8) is 0 Å². The van der Waals surface area contributed by atoms with E-state index in [2.05, 4.69) is 41.4 Å². The molecule has 0 spiro atoms. The highest BCUT2D eigenvalue weighted by Crippen LogP contribution is 2.34. The molecular weight excluding hydrogens is 373 g/mol. The third-order valence-electron chi connectivity index (χ3n) is 3.02. The molecular formula is C17H16BrF3O2. The predicted octanol–water partition coefficient (Wildman–Crippen LogP) is 6.44. The molecule has 23 heavy (non-hydrogen) atoms. The minimum absolute atomic E-state index is 0.0299. The molecule has 2 aromatic rings. The van der Waals surface area contributed by atoms with Gasteiger partial charge in [-0.2, -0.15) is 0 Å². The van der Waals surface area contributed by atoms with E-state index in [4.69, 9.17) is 4.74 Å². The first-order chi connectivity index (χ1) is 10.5. The molecule has 0 fully saturated rings. The third kappa shape index (κ3) is 5.16. The van der Waals surface area contributed by atoms with Crippen molar-refractivity contribution in [3.8, 4) is 17.2 Å². The zero-order valence-corrected chi connectivity index (χ0v) is 14.5. The van der Waals surface area contributed by atoms with Crippen molar-refractivity contribution in [1.82, 2.24) is 0 Å². The Morgan fingerprint density at radius 1 is 0.870 bits per heavy atom. The van der Waals surface area contributed by atoms with Gasteiger partial charge in [0.2, 0.25) is 0 Å². The first-order valence-corrected chi connectivity index (χ1v) is 7.67. The fourth-order valence-electron chi connectivity index (χ4n) is 2.04. The third-order valence-corrected chi connectivity index (χ3v) is 3.68. The molecule has 6 heteroatoms. The molecule has 0 aliphatic heterocycles. The lowest BCUT2D eigenvalue weighted by Gasteiger charge is -2.21. The second kappa shape index (κ2) is 6.43. The molecule has 124 valence electrons. The Labute approximate surface area is 141 Å². The Hall–Kier alpha value is -1.69. The lowest BCUT2D eigenvalue weighted by molar-refractivity contribution is -0.274. The number of hydrogen-bond donors (Lipinski definition) is 0. The zero-order valence-electron chi connectivity index (χ0n) is 12.9. The Morgan fingerprint density at radius 2 is 1.48 bits per heavy atom. The largest absolute Gasteiger partial charge is 0.573 e. The van der Waals surface area contributed by atoms with Crippen LogP contribution in [0.25, 0.3) is 0 Å². The summed E-state index contributed by atoms with van der Waals surface area (Å²) in [5, 5.41) is 0. The van der Waals surface area contributed by atoms with Gasteiger partial charge >= 0.3 is 6.36 Å². The number of halogens is 4. The predicted molar refractivity (Wildman–Crippen MR) is 86.0 cm³/mol. The number of alkyl halides is 3. The average Bonchev–Trinajstić information content (AvgIpc) is 2.35. The highest BCUT2D eigenvalue weighted by molar-refractivity contribution is 9.10. The van der Waals surface area contributed by atoms with E-state index in [1.807, 2.05) is 6.07 Å². The summed E-state index contributed by atoms with van der Waals surface area (Å²) < 4.78 is 47.1. The molecule has 0 aromatic heterocycles. The van der Waals surface area contributed by atoms with Crippen molar-refractivity contribution in [2.45, 2.75) is 32.5 Å². The smallest absolute Gasteiger partial charge is 0.457 e. The maximum absolute atomic E-state index is 12.2. The van der Waals surface area contributed by atoms with E-state index in [0.717, 1.165) is 10.0 Å². The lowest BCUT2D eigenvalue weighted by atomic mass is 9.87. The maximum Gasteiger partial charge on any atom is 0.573 e. The summed E-state index contributed by atoms with van der Waals surface area (Å²) in [6.45, 7) is 6.27. The molecule has 0 radical (unpaired) electrons. The molecule has 0 saturated heterocycles. The van der Waals surface area contributed by atoms with Crippen LogP contribution in [-0.4, -0.2) is 6.36 Å². The van der Waals surface area contributed by atoms with Crippen molar-refractivity contribution < 1.29 is 22.6 Å². The molecule has 0 bridgehead atoms. The molecule has 2 rings (SSSR count). The number of rotatable bonds is 3. The molecule has 0 heterocycles. The van der Waals surface area contributed by atoms with Crippen LogP contribution < -0.4 is 9.47 Å². The lowest BCUT2D eigenvalue weighted by Crippen LogP contribution is -2.17. The van der Waals surface area contributed by atoms with Crippen LogP contribution in [-0.2, 0) is 5.41 Å². The van der Waals surface area contributed by atoms with Crippen molar-refractivity contribution in [3.05, 3.63) is 52.5 Å². The van der Waals surface area contributed by atoms with Crippen LogP contribution in [0.1, 0.15) is 26.3 Å². The van der Waals surface area contributed by atoms with Crippen molar-refractivity contribution in [2.75, 3.05) is 0 Å². The second-order valence-electron chi connectivity index (χ2n) is 6.02. The molecule has 0 aliphatic carbocycles. The zero-order chi connectivity index (χ0) is 17.3. The topological polar surface area (TPSA) is 18.5 Å². The molecule has 0 unspecified atom stereocenters. The van der Waals surface area contributed by atoms with Crippen LogP contribution in [0, 0.1) is 0 Å². The number of hydrogen-bond acceptors (Lipinski definition) is 2. The van der Waals surface area contributed by atoms with E-state index in [9.17, 15) is 13.2 Å². The summed E-state index contributed by atoms with van der Waals surface area (Å²) in [6, 6.07) is 10.9. The van der Waals surface area contributed by atoms with Crippen LogP contribution in [0.2, 0.25) is 0 Å². The van der Waals surface area contributed by atoms with Gasteiger partial charge in [0.1, 0.15) is 17.2 Å². The van der Waals surface area contributed by atoms with Crippen LogP contribution in [0.3, 0.4) is 0 Å². The number of ether oxygens (including phenoxy) is 2. The van der Waals surface area contributed by atoms with E-state index in [1.165, 1.54) is 18.2 Å². The van der Waals surface area contributed by atoms with Crippen molar-refractivity contribution >= 4 is 15.9 Å². The Morgan fingerprint density at radius 3 is 2.04 bits per heavy atom. The second-order valence-corrected chi connectivity index (χ2v) is 6.87. The van der Waals surface area contributed by atoms with E-state index >= 15 is 0 Å². The van der Waals surface area contributed by atoms with Gasteiger partial charge in [0.15, 0.2) is 0 Å². The summed E-state index contributed by atoms with van der Waals surface area (Å²) in [4.78, 5) is 0. The SMILES string of the molecule is CC(C)(C)c1ccc(Oc2cccc(OC(F)(F)F)c2)cc1Br. The Bertz CT molecular complexity index is 691. The van der Waals surface area contributed by atoms with Gasteiger partial charge in [-0.25, -0.2) is 0 Å². The minimum atomic E-state index is -4.73. The van der Waals surface area contributed by atoms with E-state index in [0.29, 0.717) is 5.75 Å². The minimum Gasteiger partial charge on any atom is -0.457 e. The van der Waals surface area contributed by atoms with Crippen molar-refractivity contribution in [2.24, 2.45) is 0 Å². The molecule has 2 aromatic carbocycles. The quantitative estimate of drug-likeness (QED) is 0.602. The highest BCUT2D eigenvalue weighted by Gasteiger charge is 2.31. The van der Waals surface area contributed by atoms with Crippen molar-refractivity contribution in [1.29, 1.82) is 0 Å². The average molecular weight is 389 g/mol. The van der Waals surface area contributed by atoms with E-state index in [-0.39, 0.29) is 16.9 Å². The summed E-state index contributed by atoms with van der Waals surface area (Å²) in [6.07, 6.45) is -4.73. The van der Waals surface area contributed by atoms with Gasteiger partial charge in [-0.3, -0.25) is 0 Å². The fourth-order valence-corrected chi connectivity index (χ4v) is 2.99. The molecule has 0 saturated carbocycles. The molecule has 0 aliphatic rings. The van der Waals surface area contributed by atoms with E-state index < -0.39 is 6.36 Å². The van der Waals surface area contributed by atoms with E-state index in [1.54, 1.807) is 18.2 Å². The highest BCUT2D eigenvalue weighted by atomic mass is 79.9. The molecule has 0 amide bonds. The maximum atomic E-state index is 12.2. The molecule has 2 nitrogen and oxygen atoms in total. The number of benzene rings is 2. The Balaban J connectivity index is 2.20. The van der Waals surface area contributed by atoms with Gasteiger partial charge in [0.25, 0.3) is 0 Å². The molecule has 0 N–H and O–H groups in total. The fraction of sp³-hybridized carbons (Fsp3) is 0.294. The summed E-state index contributed by atoms with van der Waals surface area (Å²) in [5.74, 6) is 0.469. The standard InChI is InChI=1S/C17H16BrF3O2/c1-16(2,3)14-8-7-12(10-15(14)18)22-11-5-4-6-13(9-11)23-17(19,20)21/h4-10H,1-3H3. The van der Waals surface area contributed by atoms with Gasteiger partial charge in [-0.15, -0.1) is 13.2 Å².